The highest BCUT2D eigenvalue weighted by Crippen LogP contribution is 2.38. The second-order valence-electron chi connectivity index (χ2n) is 7.60. The predicted octanol–water partition coefficient (Wildman–Crippen LogP) is 3.77. The van der Waals surface area contributed by atoms with Gasteiger partial charge >= 0.3 is 0 Å². The lowest BCUT2D eigenvalue weighted by Crippen LogP contribution is -2.40. The van der Waals surface area contributed by atoms with Crippen LogP contribution >= 0.6 is 0 Å². The third-order valence-electron chi connectivity index (χ3n) is 5.95. The fourth-order valence-corrected chi connectivity index (χ4v) is 4.44. The van der Waals surface area contributed by atoms with Gasteiger partial charge in [0.15, 0.2) is 0 Å². The summed E-state index contributed by atoms with van der Waals surface area (Å²) in [4.78, 5) is 17.6. The van der Waals surface area contributed by atoms with E-state index < -0.39 is 0 Å². The van der Waals surface area contributed by atoms with Gasteiger partial charge in [-0.2, -0.15) is 0 Å². The van der Waals surface area contributed by atoms with E-state index in [-0.39, 0.29) is 17.9 Å². The summed E-state index contributed by atoms with van der Waals surface area (Å²) in [6, 6.07) is 16.9. The summed E-state index contributed by atoms with van der Waals surface area (Å²) in [5, 5.41) is 1.25. The fourth-order valence-electron chi connectivity index (χ4n) is 4.44. The molecule has 146 valence electrons. The van der Waals surface area contributed by atoms with Gasteiger partial charge in [0.1, 0.15) is 5.75 Å². The number of benzene rings is 2. The van der Waals surface area contributed by atoms with Crippen molar-refractivity contribution in [3.63, 3.8) is 0 Å². The molecule has 3 aromatic rings. The van der Waals surface area contributed by atoms with Crippen molar-refractivity contribution < 1.29 is 9.53 Å². The maximum Gasteiger partial charge on any atom is 0.220 e. The molecule has 4 rings (SSSR count). The third-order valence-corrected chi connectivity index (χ3v) is 5.95. The summed E-state index contributed by atoms with van der Waals surface area (Å²) in [5.41, 5.74) is 10.4. The van der Waals surface area contributed by atoms with Gasteiger partial charge in [-0.05, 0) is 56.6 Å². The van der Waals surface area contributed by atoms with Crippen LogP contribution in [0.5, 0.6) is 5.75 Å². The highest BCUT2D eigenvalue weighted by molar-refractivity contribution is 5.85. The van der Waals surface area contributed by atoms with Crippen molar-refractivity contribution in [2.75, 3.05) is 20.2 Å². The molecule has 28 heavy (non-hydrogen) atoms. The molecule has 5 heteroatoms. The van der Waals surface area contributed by atoms with E-state index >= 15 is 0 Å². The van der Waals surface area contributed by atoms with Gasteiger partial charge in [-0.25, -0.2) is 0 Å². The Bertz CT molecular complexity index is 969. The smallest absolute Gasteiger partial charge is 0.220 e. The second kappa shape index (κ2) is 7.68. The average Bonchev–Trinajstić information content (AvgIpc) is 3.05. The number of likely N-dealkylation sites (tertiary alicyclic amines) is 1. The van der Waals surface area contributed by atoms with Crippen molar-refractivity contribution in [3.8, 4) is 5.75 Å². The summed E-state index contributed by atoms with van der Waals surface area (Å²) >= 11 is 0. The van der Waals surface area contributed by atoms with Gasteiger partial charge < -0.3 is 15.5 Å². The third kappa shape index (κ3) is 3.38. The predicted molar refractivity (Wildman–Crippen MR) is 111 cm³/mol. The van der Waals surface area contributed by atoms with E-state index in [1.54, 1.807) is 7.11 Å². The van der Waals surface area contributed by atoms with Gasteiger partial charge in [-0.3, -0.25) is 9.69 Å². The number of carbonyl (C=O) groups is 1. The van der Waals surface area contributed by atoms with E-state index in [0.29, 0.717) is 0 Å². The van der Waals surface area contributed by atoms with Crippen molar-refractivity contribution in [2.45, 2.75) is 25.8 Å². The van der Waals surface area contributed by atoms with Gasteiger partial charge in [0, 0.05) is 28.1 Å². The van der Waals surface area contributed by atoms with Crippen LogP contribution in [0.3, 0.4) is 0 Å². The first-order valence-electron chi connectivity index (χ1n) is 9.83. The van der Waals surface area contributed by atoms with Gasteiger partial charge in [0.2, 0.25) is 5.91 Å². The quantitative estimate of drug-likeness (QED) is 0.711. The first-order valence-corrected chi connectivity index (χ1v) is 9.83. The molecule has 1 aromatic heterocycles. The number of methoxy groups -OCH3 is 1. The minimum absolute atomic E-state index is 0.0168. The highest BCUT2D eigenvalue weighted by Gasteiger charge is 2.31. The van der Waals surface area contributed by atoms with Crippen molar-refractivity contribution in [1.82, 2.24) is 9.88 Å². The molecule has 2 heterocycles. The number of para-hydroxylation sites is 1. The van der Waals surface area contributed by atoms with E-state index in [4.69, 9.17) is 10.5 Å². The van der Waals surface area contributed by atoms with Gasteiger partial charge in [-0.15, -0.1) is 0 Å². The lowest BCUT2D eigenvalue weighted by Gasteiger charge is -2.37. The number of nitrogens with zero attached hydrogens (tertiary/aromatic N) is 1. The number of piperidine rings is 1. The van der Waals surface area contributed by atoms with Crippen LogP contribution in [-0.4, -0.2) is 36.0 Å². The standard InChI is InChI=1S/C23H27N3O2/c1-15-21(19-5-3-4-6-20(19)25-15)22(16-7-9-18(28-2)10-8-16)26-13-11-17(12-14-26)23(24)27/h3-10,17,22,25H,11-14H2,1-2H3,(H2,24,27). The van der Waals surface area contributed by atoms with E-state index in [0.717, 1.165) is 37.2 Å². The number of hydrogen-bond acceptors (Lipinski definition) is 3. The molecule has 3 N–H and O–H groups in total. The number of fused-ring (bicyclic) bond motifs is 1. The lowest BCUT2D eigenvalue weighted by molar-refractivity contribution is -0.123. The number of amides is 1. The molecule has 1 amide bonds. The number of aromatic nitrogens is 1. The molecule has 1 unspecified atom stereocenters. The van der Waals surface area contributed by atoms with E-state index in [1.165, 1.54) is 22.2 Å². The Morgan fingerprint density at radius 3 is 2.46 bits per heavy atom. The van der Waals surface area contributed by atoms with Gasteiger partial charge in [0.25, 0.3) is 0 Å². The molecule has 1 aliphatic heterocycles. The number of aromatic amines is 1. The molecule has 1 aliphatic rings. The number of carbonyl (C=O) groups excluding carboxylic acids is 1. The van der Waals surface area contributed by atoms with Crippen LogP contribution in [0.1, 0.15) is 35.7 Å². The SMILES string of the molecule is COc1ccc(C(c2c(C)[nH]c3ccccc23)N2CCC(C(N)=O)CC2)cc1. The molecular formula is C23H27N3O2. The Kier molecular flexibility index (Phi) is 5.09. The first kappa shape index (κ1) is 18.6. The molecular weight excluding hydrogens is 350 g/mol. The normalized spacial score (nSPS) is 16.9. The van der Waals surface area contributed by atoms with Crippen LogP contribution in [0.25, 0.3) is 10.9 Å². The van der Waals surface area contributed by atoms with Crippen LogP contribution in [0, 0.1) is 12.8 Å². The Balaban J connectivity index is 1.77. The molecule has 1 saturated heterocycles. The maximum atomic E-state index is 11.6. The van der Waals surface area contributed by atoms with Crippen molar-refractivity contribution in [2.24, 2.45) is 11.7 Å². The molecule has 0 aliphatic carbocycles. The Morgan fingerprint density at radius 1 is 1.14 bits per heavy atom. The molecule has 0 spiro atoms. The highest BCUT2D eigenvalue weighted by atomic mass is 16.5. The van der Waals surface area contributed by atoms with E-state index in [1.807, 2.05) is 12.1 Å². The second-order valence-corrected chi connectivity index (χ2v) is 7.60. The number of ether oxygens (including phenoxy) is 1. The van der Waals surface area contributed by atoms with Gasteiger partial charge in [0.05, 0.1) is 13.2 Å². The Labute approximate surface area is 165 Å². The molecule has 1 fully saturated rings. The van der Waals surface area contributed by atoms with E-state index in [9.17, 15) is 4.79 Å². The summed E-state index contributed by atoms with van der Waals surface area (Å²) in [7, 11) is 1.69. The molecule has 0 radical (unpaired) electrons. The number of nitrogens with one attached hydrogen (secondary N) is 1. The summed E-state index contributed by atoms with van der Waals surface area (Å²) < 4.78 is 5.35. The number of rotatable bonds is 5. The van der Waals surface area contributed by atoms with Crippen molar-refractivity contribution >= 4 is 16.8 Å². The topological polar surface area (TPSA) is 71.3 Å². The number of primary amides is 1. The first-order chi connectivity index (χ1) is 13.6. The molecule has 2 aromatic carbocycles. The number of hydrogen-bond donors (Lipinski definition) is 2. The largest absolute Gasteiger partial charge is 0.497 e. The van der Waals surface area contributed by atoms with Crippen LogP contribution in [-0.2, 0) is 4.79 Å². The lowest BCUT2D eigenvalue weighted by atomic mass is 9.90. The van der Waals surface area contributed by atoms with Crippen LogP contribution in [0.2, 0.25) is 0 Å². The minimum Gasteiger partial charge on any atom is -0.497 e. The molecule has 1 atom stereocenters. The zero-order valence-corrected chi connectivity index (χ0v) is 16.4. The Morgan fingerprint density at radius 2 is 1.82 bits per heavy atom. The van der Waals surface area contributed by atoms with Gasteiger partial charge in [-0.1, -0.05) is 30.3 Å². The number of nitrogens with two attached hydrogens (primary N) is 1. The zero-order chi connectivity index (χ0) is 19.7. The number of aryl methyl sites for hydroxylation is 1. The minimum atomic E-state index is -0.177. The van der Waals surface area contributed by atoms with Crippen LogP contribution in [0.4, 0.5) is 0 Å². The molecule has 0 saturated carbocycles. The molecule has 5 nitrogen and oxygen atoms in total. The van der Waals surface area contributed by atoms with Crippen LogP contribution < -0.4 is 10.5 Å². The number of H-pyrrole nitrogens is 1. The van der Waals surface area contributed by atoms with E-state index in [2.05, 4.69) is 53.2 Å². The summed E-state index contributed by atoms with van der Waals surface area (Å²) in [5.74, 6) is 0.659. The zero-order valence-electron chi connectivity index (χ0n) is 16.4. The fraction of sp³-hybridized carbons (Fsp3) is 0.348. The molecule has 0 bridgehead atoms. The monoisotopic (exact) mass is 377 g/mol. The Hall–Kier alpha value is -2.79. The average molecular weight is 377 g/mol. The summed E-state index contributed by atoms with van der Waals surface area (Å²) in [6.07, 6.45) is 1.62. The maximum absolute atomic E-state index is 11.6. The van der Waals surface area contributed by atoms with Crippen molar-refractivity contribution in [1.29, 1.82) is 0 Å². The van der Waals surface area contributed by atoms with Crippen LogP contribution in [0.15, 0.2) is 48.5 Å². The summed E-state index contributed by atoms with van der Waals surface area (Å²) in [6.45, 7) is 3.84. The van der Waals surface area contributed by atoms with Crippen molar-refractivity contribution in [3.05, 3.63) is 65.4 Å².